The monoisotopic (exact) mass is 406 g/mol. The van der Waals surface area contributed by atoms with E-state index in [-0.39, 0.29) is 5.91 Å². The van der Waals surface area contributed by atoms with Crippen molar-refractivity contribution in [3.05, 3.63) is 47.8 Å². The first kappa shape index (κ1) is 20.4. The Morgan fingerprint density at radius 2 is 1.90 bits per heavy atom. The van der Waals surface area contributed by atoms with Crippen molar-refractivity contribution in [1.29, 1.82) is 0 Å². The van der Waals surface area contributed by atoms with Crippen LogP contribution in [0.5, 0.6) is 5.75 Å². The number of likely N-dealkylation sites (N-methyl/N-ethyl adjacent to an activating group) is 1. The molecule has 2 aromatic heterocycles. The molecule has 1 aromatic carbocycles. The van der Waals surface area contributed by atoms with E-state index >= 15 is 0 Å². The summed E-state index contributed by atoms with van der Waals surface area (Å²) in [7, 11) is 0. The molecule has 1 aliphatic rings. The number of pyridine rings is 1. The van der Waals surface area contributed by atoms with Gasteiger partial charge in [-0.05, 0) is 69.8 Å². The number of aromatic nitrogens is 2. The van der Waals surface area contributed by atoms with Crippen molar-refractivity contribution in [2.75, 3.05) is 31.1 Å². The maximum absolute atomic E-state index is 12.9. The number of nitrogens with zero attached hydrogens (tertiary/aromatic N) is 4. The van der Waals surface area contributed by atoms with Crippen LogP contribution in [0.3, 0.4) is 0 Å². The van der Waals surface area contributed by atoms with Crippen LogP contribution in [-0.2, 0) is 4.79 Å². The molecule has 1 aliphatic heterocycles. The van der Waals surface area contributed by atoms with Gasteiger partial charge in [-0.2, -0.15) is 0 Å². The second-order valence-corrected chi connectivity index (χ2v) is 7.94. The average molecular weight is 407 g/mol. The third-order valence-electron chi connectivity index (χ3n) is 6.00. The minimum atomic E-state index is -0.472. The summed E-state index contributed by atoms with van der Waals surface area (Å²) in [4.78, 5) is 22.0. The molecule has 1 atom stereocenters. The van der Waals surface area contributed by atoms with Crippen LogP contribution in [0.4, 0.5) is 5.69 Å². The second kappa shape index (κ2) is 8.11. The number of rotatable bonds is 6. The summed E-state index contributed by atoms with van der Waals surface area (Å²) in [5.74, 6) is 0.761. The highest BCUT2D eigenvalue weighted by atomic mass is 16.5. The molecule has 4 rings (SSSR count). The van der Waals surface area contributed by atoms with Crippen molar-refractivity contribution in [2.45, 2.75) is 40.7 Å². The van der Waals surface area contributed by atoms with Crippen LogP contribution >= 0.6 is 0 Å². The summed E-state index contributed by atoms with van der Waals surface area (Å²) in [6.07, 6.45) is 1.58. The minimum absolute atomic E-state index is 0.00848. The number of amides is 1. The first-order chi connectivity index (χ1) is 14.4. The predicted molar refractivity (Wildman–Crippen MR) is 120 cm³/mol. The van der Waals surface area contributed by atoms with Crippen molar-refractivity contribution in [3.63, 3.8) is 0 Å². The highest BCUT2D eigenvalue weighted by Crippen LogP contribution is 2.38. The lowest BCUT2D eigenvalue weighted by atomic mass is 10.1. The van der Waals surface area contributed by atoms with Crippen molar-refractivity contribution >= 4 is 17.2 Å². The standard InChI is InChI=1S/C24H30N4O2/c1-6-26(7-2)12-13-28-20-15-19(8-9-21(20)30-18(5)24(28)29)23-17(4)27-11-10-16(3)14-22(27)25-23/h8-11,14-15,18H,6-7,12-13H2,1-5H3. The van der Waals surface area contributed by atoms with Gasteiger partial charge in [0.15, 0.2) is 6.10 Å². The largest absolute Gasteiger partial charge is 0.479 e. The number of aryl methyl sites for hydroxylation is 2. The van der Waals surface area contributed by atoms with Gasteiger partial charge < -0.3 is 18.9 Å². The number of carbonyl (C=O) groups excluding carboxylic acids is 1. The molecule has 1 unspecified atom stereocenters. The number of hydrogen-bond acceptors (Lipinski definition) is 4. The zero-order valence-electron chi connectivity index (χ0n) is 18.5. The topological polar surface area (TPSA) is 50.1 Å². The molecule has 0 saturated heterocycles. The van der Waals surface area contributed by atoms with Gasteiger partial charge in [0.1, 0.15) is 11.4 Å². The minimum Gasteiger partial charge on any atom is -0.479 e. The zero-order chi connectivity index (χ0) is 21.4. The van der Waals surface area contributed by atoms with E-state index in [2.05, 4.69) is 55.3 Å². The lowest BCUT2D eigenvalue weighted by Crippen LogP contribution is -2.47. The van der Waals surface area contributed by atoms with Crippen molar-refractivity contribution in [1.82, 2.24) is 14.3 Å². The molecule has 0 fully saturated rings. The molecule has 6 heteroatoms. The van der Waals surface area contributed by atoms with Crippen molar-refractivity contribution < 1.29 is 9.53 Å². The van der Waals surface area contributed by atoms with Crippen LogP contribution in [0.1, 0.15) is 32.0 Å². The molecular formula is C24H30N4O2. The Hall–Kier alpha value is -2.86. The van der Waals surface area contributed by atoms with Gasteiger partial charge in [0, 0.05) is 30.5 Å². The predicted octanol–water partition coefficient (Wildman–Crippen LogP) is 4.07. The Bertz CT molecular complexity index is 1080. The van der Waals surface area contributed by atoms with Crippen LogP contribution in [0.2, 0.25) is 0 Å². The Kier molecular flexibility index (Phi) is 5.52. The number of benzene rings is 1. The molecule has 0 aliphatic carbocycles. The Labute approximate surface area is 178 Å². The van der Waals surface area contributed by atoms with Gasteiger partial charge in [-0.1, -0.05) is 13.8 Å². The highest BCUT2D eigenvalue weighted by molar-refractivity contribution is 6.00. The Morgan fingerprint density at radius 3 is 2.63 bits per heavy atom. The van der Waals surface area contributed by atoms with Gasteiger partial charge in [0.2, 0.25) is 0 Å². The van der Waals surface area contributed by atoms with Crippen molar-refractivity contribution in [3.8, 4) is 17.0 Å². The maximum Gasteiger partial charge on any atom is 0.267 e. The molecular weight excluding hydrogens is 376 g/mol. The van der Waals surface area contributed by atoms with E-state index in [1.165, 1.54) is 5.56 Å². The summed E-state index contributed by atoms with van der Waals surface area (Å²) in [5, 5.41) is 0. The first-order valence-corrected chi connectivity index (χ1v) is 10.7. The van der Waals surface area contributed by atoms with Gasteiger partial charge in [0.25, 0.3) is 5.91 Å². The summed E-state index contributed by atoms with van der Waals surface area (Å²) < 4.78 is 8.00. The van der Waals surface area contributed by atoms with Gasteiger partial charge in [0.05, 0.1) is 11.4 Å². The van der Waals surface area contributed by atoms with Gasteiger partial charge in [-0.15, -0.1) is 0 Å². The lowest BCUT2D eigenvalue weighted by Gasteiger charge is -2.34. The number of hydrogen-bond donors (Lipinski definition) is 0. The fourth-order valence-electron chi connectivity index (χ4n) is 4.11. The molecule has 1 amide bonds. The Morgan fingerprint density at radius 1 is 1.13 bits per heavy atom. The molecule has 3 heterocycles. The van der Waals surface area contributed by atoms with E-state index in [0.717, 1.165) is 53.7 Å². The maximum atomic E-state index is 12.9. The van der Waals surface area contributed by atoms with Crippen LogP contribution < -0.4 is 9.64 Å². The summed E-state index contributed by atoms with van der Waals surface area (Å²) in [6, 6.07) is 10.2. The first-order valence-electron chi connectivity index (χ1n) is 10.7. The molecule has 0 N–H and O–H groups in total. The third kappa shape index (κ3) is 3.56. The Balaban J connectivity index is 1.74. The molecule has 158 valence electrons. The third-order valence-corrected chi connectivity index (χ3v) is 6.00. The molecule has 6 nitrogen and oxygen atoms in total. The van der Waals surface area contributed by atoms with Gasteiger partial charge in [-0.25, -0.2) is 4.98 Å². The molecule has 0 saturated carbocycles. The molecule has 0 spiro atoms. The quantitative estimate of drug-likeness (QED) is 0.619. The zero-order valence-corrected chi connectivity index (χ0v) is 18.5. The number of ether oxygens (including phenoxy) is 1. The van der Waals surface area contributed by atoms with E-state index in [1.807, 2.05) is 30.0 Å². The summed E-state index contributed by atoms with van der Waals surface area (Å²) >= 11 is 0. The molecule has 0 radical (unpaired) electrons. The fourth-order valence-corrected chi connectivity index (χ4v) is 4.11. The second-order valence-electron chi connectivity index (χ2n) is 7.94. The van der Waals surface area contributed by atoms with E-state index in [9.17, 15) is 4.79 Å². The smallest absolute Gasteiger partial charge is 0.267 e. The summed E-state index contributed by atoms with van der Waals surface area (Å²) in [6.45, 7) is 13.7. The van der Waals surface area contributed by atoms with E-state index in [4.69, 9.17) is 9.72 Å². The van der Waals surface area contributed by atoms with Crippen LogP contribution in [-0.4, -0.2) is 52.5 Å². The van der Waals surface area contributed by atoms with E-state index in [0.29, 0.717) is 6.54 Å². The van der Waals surface area contributed by atoms with Crippen LogP contribution in [0, 0.1) is 13.8 Å². The summed E-state index contributed by atoms with van der Waals surface area (Å²) in [5.41, 5.74) is 5.94. The normalized spacial score (nSPS) is 16.3. The number of anilines is 1. The van der Waals surface area contributed by atoms with E-state index < -0.39 is 6.10 Å². The number of imidazole rings is 1. The molecule has 0 bridgehead atoms. The highest BCUT2D eigenvalue weighted by Gasteiger charge is 2.32. The lowest BCUT2D eigenvalue weighted by molar-refractivity contribution is -0.125. The number of fused-ring (bicyclic) bond motifs is 2. The fraction of sp³-hybridized carbons (Fsp3) is 0.417. The van der Waals surface area contributed by atoms with Crippen LogP contribution in [0.25, 0.3) is 16.9 Å². The van der Waals surface area contributed by atoms with Gasteiger partial charge >= 0.3 is 0 Å². The SMILES string of the molecule is CCN(CC)CCN1C(=O)C(C)Oc2ccc(-c3nc4cc(C)ccn4c3C)cc21. The molecule has 30 heavy (non-hydrogen) atoms. The average Bonchev–Trinajstić information content (AvgIpc) is 3.06. The van der Waals surface area contributed by atoms with Gasteiger partial charge in [-0.3, -0.25) is 4.79 Å². The van der Waals surface area contributed by atoms with Crippen LogP contribution in [0.15, 0.2) is 36.5 Å². The van der Waals surface area contributed by atoms with Crippen molar-refractivity contribution in [2.24, 2.45) is 0 Å². The van der Waals surface area contributed by atoms with E-state index in [1.54, 1.807) is 0 Å². The molecule has 3 aromatic rings. The number of carbonyl (C=O) groups is 1.